The first kappa shape index (κ1) is 29.1. The zero-order valence-corrected chi connectivity index (χ0v) is 24.3. The molecule has 14 nitrogen and oxygen atoms in total. The molecule has 3 fully saturated rings. The molecule has 7 rings (SSSR count). The van der Waals surface area contributed by atoms with E-state index >= 15 is 0 Å². The molecule has 234 valence electrons. The van der Waals surface area contributed by atoms with Crippen molar-refractivity contribution in [2.24, 2.45) is 0 Å². The van der Waals surface area contributed by atoms with Crippen LogP contribution >= 0.6 is 0 Å². The number of aryl methyl sites for hydroxylation is 1. The maximum Gasteiger partial charge on any atom is 0.341 e. The number of pyridine rings is 1. The number of rotatable bonds is 10. The third kappa shape index (κ3) is 6.03. The van der Waals surface area contributed by atoms with Crippen LogP contribution in [0.15, 0.2) is 61.3 Å². The second-order valence-corrected chi connectivity index (χ2v) is 11.3. The van der Waals surface area contributed by atoms with Crippen LogP contribution < -0.4 is 15.4 Å². The summed E-state index contributed by atoms with van der Waals surface area (Å²) in [7, 11) is 0. The smallest absolute Gasteiger partial charge is 0.341 e. The summed E-state index contributed by atoms with van der Waals surface area (Å²) < 4.78 is 26.7. The number of nitrogens with zero attached hydrogens (tertiary/aromatic N) is 5. The van der Waals surface area contributed by atoms with Gasteiger partial charge in [0.25, 0.3) is 0 Å². The van der Waals surface area contributed by atoms with E-state index in [1.807, 2.05) is 30.3 Å². The highest BCUT2D eigenvalue weighted by atomic mass is 16.7. The summed E-state index contributed by atoms with van der Waals surface area (Å²) >= 11 is 0. The maximum atomic E-state index is 12.7. The van der Waals surface area contributed by atoms with E-state index in [4.69, 9.17) is 18.9 Å². The van der Waals surface area contributed by atoms with Crippen LogP contribution in [-0.4, -0.2) is 78.9 Å². The molecule has 3 N–H and O–H groups in total. The fourth-order valence-electron chi connectivity index (χ4n) is 6.31. The Morgan fingerprint density at radius 3 is 2.67 bits per heavy atom. The number of carbonyl (C=O) groups excluding carboxylic acids is 1. The van der Waals surface area contributed by atoms with Crippen molar-refractivity contribution in [2.45, 2.75) is 75.2 Å². The van der Waals surface area contributed by atoms with Crippen molar-refractivity contribution in [3.05, 3.63) is 72.4 Å². The molecule has 0 bridgehead atoms. The number of hydrogen-bond donors (Lipinski definition) is 3. The van der Waals surface area contributed by atoms with Gasteiger partial charge in [0.2, 0.25) is 5.88 Å². The third-order valence-electron chi connectivity index (χ3n) is 8.49. The quantitative estimate of drug-likeness (QED) is 0.238. The number of hydrogen-bond acceptors (Lipinski definition) is 10. The minimum absolute atomic E-state index is 0.00186. The Hall–Kier alpha value is -4.66. The SMILES string of the molecule is O=C(Nc1ncnc2c1ncn2C1OC(C(CCc2ccccc2)Oc2ncccc2C(=O)O)C2OCOC21)NC1CCCC1. The van der Waals surface area contributed by atoms with Gasteiger partial charge in [0.15, 0.2) is 23.2 Å². The van der Waals surface area contributed by atoms with Crippen molar-refractivity contribution in [2.75, 3.05) is 12.1 Å². The topological polar surface area (TPSA) is 172 Å². The molecule has 5 atom stereocenters. The molecule has 1 aliphatic carbocycles. The van der Waals surface area contributed by atoms with Crippen LogP contribution in [-0.2, 0) is 20.6 Å². The lowest BCUT2D eigenvalue weighted by atomic mass is 9.99. The molecule has 3 aliphatic rings. The molecule has 2 aliphatic heterocycles. The van der Waals surface area contributed by atoms with Gasteiger partial charge in [-0.1, -0.05) is 43.2 Å². The molecule has 0 spiro atoms. The molecule has 14 heteroatoms. The second-order valence-electron chi connectivity index (χ2n) is 11.3. The van der Waals surface area contributed by atoms with Gasteiger partial charge in [-0.3, -0.25) is 9.88 Å². The molecule has 5 heterocycles. The van der Waals surface area contributed by atoms with Gasteiger partial charge >= 0.3 is 12.0 Å². The molecular formula is C31H33N7O7. The summed E-state index contributed by atoms with van der Waals surface area (Å²) in [5, 5.41) is 15.6. The number of aromatic nitrogens is 5. The highest BCUT2D eigenvalue weighted by Crippen LogP contribution is 2.41. The highest BCUT2D eigenvalue weighted by molar-refractivity contribution is 5.96. The number of imidazole rings is 1. The first-order chi connectivity index (χ1) is 22.0. The van der Waals surface area contributed by atoms with E-state index in [2.05, 4.69) is 30.6 Å². The number of amides is 2. The van der Waals surface area contributed by atoms with Crippen LogP contribution in [0.4, 0.5) is 10.6 Å². The molecular weight excluding hydrogens is 582 g/mol. The van der Waals surface area contributed by atoms with Crippen LogP contribution in [0, 0.1) is 0 Å². The molecule has 1 aromatic carbocycles. The minimum Gasteiger partial charge on any atom is -0.477 e. The summed E-state index contributed by atoms with van der Waals surface area (Å²) in [4.78, 5) is 42.1. The molecule has 4 aromatic rings. The molecule has 1 saturated carbocycles. The van der Waals surface area contributed by atoms with E-state index in [1.165, 1.54) is 18.6 Å². The Bertz CT molecular complexity index is 1660. The lowest BCUT2D eigenvalue weighted by Crippen LogP contribution is -2.41. The number of carbonyl (C=O) groups is 2. The lowest BCUT2D eigenvalue weighted by Gasteiger charge is -2.27. The van der Waals surface area contributed by atoms with E-state index in [1.54, 1.807) is 17.0 Å². The Morgan fingerprint density at radius 2 is 1.84 bits per heavy atom. The van der Waals surface area contributed by atoms with Crippen LogP contribution in [0.25, 0.3) is 11.2 Å². The van der Waals surface area contributed by atoms with Gasteiger partial charge in [0, 0.05) is 12.2 Å². The van der Waals surface area contributed by atoms with Crippen molar-refractivity contribution in [3.8, 4) is 5.88 Å². The average molecular weight is 616 g/mol. The number of fused-ring (bicyclic) bond motifs is 2. The normalized spacial score (nSPS) is 23.6. The molecule has 5 unspecified atom stereocenters. The van der Waals surface area contributed by atoms with Gasteiger partial charge in [-0.2, -0.15) is 0 Å². The summed E-state index contributed by atoms with van der Waals surface area (Å²) in [6.07, 6.45) is 6.63. The van der Waals surface area contributed by atoms with Gasteiger partial charge in [-0.05, 0) is 43.4 Å². The number of aromatic carboxylic acids is 1. The van der Waals surface area contributed by atoms with Crippen LogP contribution in [0.1, 0.15) is 54.3 Å². The molecule has 45 heavy (non-hydrogen) atoms. The van der Waals surface area contributed by atoms with Gasteiger partial charge in [0.05, 0.1) is 6.33 Å². The largest absolute Gasteiger partial charge is 0.477 e. The van der Waals surface area contributed by atoms with Crippen LogP contribution in [0.3, 0.4) is 0 Å². The third-order valence-corrected chi connectivity index (χ3v) is 8.49. The van der Waals surface area contributed by atoms with E-state index < -0.39 is 36.6 Å². The van der Waals surface area contributed by atoms with Crippen LogP contribution in [0.2, 0.25) is 0 Å². The van der Waals surface area contributed by atoms with Crippen molar-refractivity contribution in [3.63, 3.8) is 0 Å². The highest BCUT2D eigenvalue weighted by Gasteiger charge is 2.54. The standard InChI is InChI=1S/C31H33N7O7/c39-30(40)20-11-6-14-32-28(20)44-21(13-12-18-7-2-1-3-8-18)23-24-25(43-17-42-24)29(45-23)38-16-35-22-26(33-15-34-27(22)38)37-31(41)36-19-9-4-5-10-19/h1-3,6-8,11,14-16,19,21,23-25,29H,4-5,9-10,12-13,17H2,(H,39,40)(H2,33,34,36,37,41). The molecule has 2 saturated heterocycles. The summed E-state index contributed by atoms with van der Waals surface area (Å²) in [6.45, 7) is 0.0524. The number of carboxylic acids is 1. The van der Waals surface area contributed by atoms with Crippen LogP contribution in [0.5, 0.6) is 5.88 Å². The predicted molar refractivity (Wildman–Crippen MR) is 159 cm³/mol. The Kier molecular flexibility index (Phi) is 8.24. The number of carboxylic acid groups (broad SMARTS) is 1. The first-order valence-corrected chi connectivity index (χ1v) is 15.1. The summed E-state index contributed by atoms with van der Waals surface area (Å²) in [5.41, 5.74) is 1.89. The van der Waals surface area contributed by atoms with E-state index in [0.29, 0.717) is 24.0 Å². The van der Waals surface area contributed by atoms with Crippen molar-refractivity contribution in [1.29, 1.82) is 0 Å². The monoisotopic (exact) mass is 615 g/mol. The fraction of sp³-hybridized carbons (Fsp3) is 0.419. The Balaban J connectivity index is 1.16. The number of nitrogens with one attached hydrogen (secondary N) is 2. The fourth-order valence-corrected chi connectivity index (χ4v) is 6.31. The van der Waals surface area contributed by atoms with Crippen molar-refractivity contribution in [1.82, 2.24) is 29.8 Å². The minimum atomic E-state index is -1.14. The Morgan fingerprint density at radius 1 is 1.02 bits per heavy atom. The number of ether oxygens (including phenoxy) is 4. The van der Waals surface area contributed by atoms with E-state index in [-0.39, 0.29) is 36.1 Å². The second kappa shape index (κ2) is 12.8. The zero-order chi connectivity index (χ0) is 30.8. The maximum absolute atomic E-state index is 12.7. The summed E-state index contributed by atoms with van der Waals surface area (Å²) in [6, 6.07) is 12.7. The van der Waals surface area contributed by atoms with E-state index in [0.717, 1.165) is 31.2 Å². The average Bonchev–Trinajstić information content (AvgIpc) is 3.86. The Labute approximate surface area is 258 Å². The molecule has 3 aromatic heterocycles. The number of benzene rings is 1. The van der Waals surface area contributed by atoms with Crippen molar-refractivity contribution < 1.29 is 33.6 Å². The summed E-state index contributed by atoms with van der Waals surface area (Å²) in [5.74, 6) is -0.864. The molecule has 2 amide bonds. The van der Waals surface area contributed by atoms with Gasteiger partial charge in [-0.25, -0.2) is 29.5 Å². The first-order valence-electron chi connectivity index (χ1n) is 15.1. The zero-order valence-electron chi connectivity index (χ0n) is 24.3. The van der Waals surface area contributed by atoms with E-state index in [9.17, 15) is 14.7 Å². The predicted octanol–water partition coefficient (Wildman–Crippen LogP) is 3.70. The van der Waals surface area contributed by atoms with Gasteiger partial charge < -0.3 is 29.4 Å². The number of urea groups is 1. The van der Waals surface area contributed by atoms with Crippen molar-refractivity contribution >= 4 is 29.0 Å². The molecule has 0 radical (unpaired) electrons. The number of anilines is 1. The lowest BCUT2D eigenvalue weighted by molar-refractivity contribution is -0.125. The van der Waals surface area contributed by atoms with Gasteiger partial charge in [0.1, 0.15) is 43.1 Å². The van der Waals surface area contributed by atoms with Gasteiger partial charge in [-0.15, -0.1) is 0 Å².